The third-order valence-electron chi connectivity index (χ3n) is 6.19. The lowest BCUT2D eigenvalue weighted by atomic mass is 9.74. The number of piperidine rings is 1. The van der Waals surface area contributed by atoms with Crippen LogP contribution in [0.3, 0.4) is 0 Å². The van der Waals surface area contributed by atoms with Gasteiger partial charge in [0.2, 0.25) is 0 Å². The predicted octanol–water partition coefficient (Wildman–Crippen LogP) is 5.83. The van der Waals surface area contributed by atoms with E-state index in [4.69, 9.17) is 11.6 Å². The van der Waals surface area contributed by atoms with Crippen molar-refractivity contribution in [2.24, 2.45) is 0 Å². The average Bonchev–Trinajstić information content (AvgIpc) is 3.03. The summed E-state index contributed by atoms with van der Waals surface area (Å²) < 4.78 is 14.1. The molecule has 4 rings (SSSR count). The van der Waals surface area contributed by atoms with Crippen LogP contribution >= 0.6 is 11.6 Å². The van der Waals surface area contributed by atoms with Crippen molar-refractivity contribution < 1.29 is 9.18 Å². The summed E-state index contributed by atoms with van der Waals surface area (Å²) >= 11 is 5.94. The summed E-state index contributed by atoms with van der Waals surface area (Å²) in [6.07, 6.45) is 4.06. The Morgan fingerprint density at radius 2 is 1.87 bits per heavy atom. The van der Waals surface area contributed by atoms with Gasteiger partial charge in [0.25, 0.3) is 0 Å². The SMILES string of the molecule is CC(C)=CCN1CCC2(CC1)CN(C(=O)Nc1ccc(Cl)cc1)c1ccc(F)cc12. The van der Waals surface area contributed by atoms with Gasteiger partial charge in [-0.25, -0.2) is 9.18 Å². The molecule has 0 aliphatic carbocycles. The number of anilines is 2. The lowest BCUT2D eigenvalue weighted by Gasteiger charge is -2.39. The number of benzene rings is 2. The molecule has 4 nitrogen and oxygen atoms in total. The number of hydrogen-bond acceptors (Lipinski definition) is 2. The number of fused-ring (bicyclic) bond motifs is 2. The molecule has 2 aliphatic heterocycles. The van der Waals surface area contributed by atoms with Crippen LogP contribution in [-0.2, 0) is 5.41 Å². The van der Waals surface area contributed by atoms with E-state index in [0.29, 0.717) is 17.3 Å². The third-order valence-corrected chi connectivity index (χ3v) is 6.45. The molecule has 1 saturated heterocycles. The van der Waals surface area contributed by atoms with Crippen molar-refractivity contribution in [3.63, 3.8) is 0 Å². The first-order chi connectivity index (χ1) is 14.4. The Morgan fingerprint density at radius 3 is 2.53 bits per heavy atom. The lowest BCUT2D eigenvalue weighted by Crippen LogP contribution is -2.46. The normalized spacial score (nSPS) is 17.7. The van der Waals surface area contributed by atoms with Gasteiger partial charge in [-0.1, -0.05) is 23.3 Å². The summed E-state index contributed by atoms with van der Waals surface area (Å²) in [7, 11) is 0. The third kappa shape index (κ3) is 4.23. The second-order valence-corrected chi connectivity index (χ2v) is 8.98. The Morgan fingerprint density at radius 1 is 1.17 bits per heavy atom. The zero-order chi connectivity index (χ0) is 21.3. The van der Waals surface area contributed by atoms with Crippen LogP contribution in [0.5, 0.6) is 0 Å². The Labute approximate surface area is 182 Å². The molecule has 0 saturated carbocycles. The molecule has 0 unspecified atom stereocenters. The number of nitrogens with one attached hydrogen (secondary N) is 1. The highest BCUT2D eigenvalue weighted by Crippen LogP contribution is 2.47. The van der Waals surface area contributed by atoms with E-state index in [-0.39, 0.29) is 17.3 Å². The standard InChI is InChI=1S/C24H27ClFN3O/c1-17(2)9-12-28-13-10-24(11-14-28)16-29(22-8-5-19(26)15-21(22)24)23(30)27-20-6-3-18(25)4-7-20/h3-9,15H,10-14,16H2,1-2H3,(H,27,30). The summed E-state index contributed by atoms with van der Waals surface area (Å²) in [6, 6.07) is 11.6. The molecule has 2 amide bonds. The van der Waals surface area contributed by atoms with Crippen LogP contribution in [0, 0.1) is 5.82 Å². The van der Waals surface area contributed by atoms with E-state index in [1.165, 1.54) is 11.6 Å². The van der Waals surface area contributed by atoms with Crippen LogP contribution in [0.25, 0.3) is 0 Å². The Balaban J connectivity index is 1.55. The second-order valence-electron chi connectivity index (χ2n) is 8.55. The smallest absolute Gasteiger partial charge is 0.308 e. The van der Waals surface area contributed by atoms with Gasteiger partial charge < -0.3 is 5.32 Å². The number of rotatable bonds is 3. The highest BCUT2D eigenvalue weighted by Gasteiger charge is 2.46. The molecule has 1 fully saturated rings. The second kappa shape index (κ2) is 8.40. The number of urea groups is 1. The van der Waals surface area contributed by atoms with E-state index in [2.05, 4.69) is 30.1 Å². The molecule has 6 heteroatoms. The van der Waals surface area contributed by atoms with Crippen LogP contribution in [0.2, 0.25) is 5.02 Å². The van der Waals surface area contributed by atoms with E-state index in [1.54, 1.807) is 41.3 Å². The maximum atomic E-state index is 14.1. The maximum Gasteiger partial charge on any atom is 0.326 e. The molecule has 158 valence electrons. The molecule has 0 bridgehead atoms. The molecular weight excluding hydrogens is 401 g/mol. The molecule has 2 aliphatic rings. The van der Waals surface area contributed by atoms with Crippen molar-refractivity contribution in [3.8, 4) is 0 Å². The van der Waals surface area contributed by atoms with Gasteiger partial charge in [-0.2, -0.15) is 0 Å². The first-order valence-corrected chi connectivity index (χ1v) is 10.7. The zero-order valence-corrected chi connectivity index (χ0v) is 18.2. The van der Waals surface area contributed by atoms with E-state index >= 15 is 0 Å². The zero-order valence-electron chi connectivity index (χ0n) is 17.4. The molecule has 2 aromatic carbocycles. The first-order valence-electron chi connectivity index (χ1n) is 10.4. The fourth-order valence-corrected chi connectivity index (χ4v) is 4.58. The van der Waals surface area contributed by atoms with Gasteiger partial charge >= 0.3 is 6.03 Å². The Bertz CT molecular complexity index is 961. The van der Waals surface area contributed by atoms with Crippen molar-refractivity contribution >= 4 is 29.0 Å². The van der Waals surface area contributed by atoms with Crippen molar-refractivity contribution in [1.82, 2.24) is 4.90 Å². The van der Waals surface area contributed by atoms with Crippen molar-refractivity contribution in [2.45, 2.75) is 32.1 Å². The number of hydrogen-bond donors (Lipinski definition) is 1. The van der Waals surface area contributed by atoms with Gasteiger partial charge in [-0.3, -0.25) is 9.80 Å². The van der Waals surface area contributed by atoms with E-state index in [0.717, 1.165) is 43.7 Å². The molecule has 1 spiro atoms. The molecule has 2 aromatic rings. The number of likely N-dealkylation sites (tertiary alicyclic amines) is 1. The highest BCUT2D eigenvalue weighted by molar-refractivity contribution is 6.30. The molecule has 2 heterocycles. The topological polar surface area (TPSA) is 35.6 Å². The summed E-state index contributed by atoms with van der Waals surface area (Å²) in [5.41, 5.74) is 3.56. The summed E-state index contributed by atoms with van der Waals surface area (Å²) in [6.45, 7) is 7.60. The van der Waals surface area contributed by atoms with Crippen molar-refractivity contribution in [3.05, 3.63) is 70.5 Å². The van der Waals surface area contributed by atoms with Gasteiger partial charge in [-0.15, -0.1) is 0 Å². The maximum absolute atomic E-state index is 14.1. The summed E-state index contributed by atoms with van der Waals surface area (Å²) in [5.74, 6) is -0.250. The van der Waals surface area contributed by atoms with Gasteiger partial charge in [0.15, 0.2) is 0 Å². The monoisotopic (exact) mass is 427 g/mol. The average molecular weight is 428 g/mol. The summed E-state index contributed by atoms with van der Waals surface area (Å²) in [5, 5.41) is 3.57. The minimum absolute atomic E-state index is 0.198. The first kappa shape index (κ1) is 20.9. The summed E-state index contributed by atoms with van der Waals surface area (Å²) in [4.78, 5) is 17.3. The number of amides is 2. The highest BCUT2D eigenvalue weighted by atomic mass is 35.5. The van der Waals surface area contributed by atoms with Gasteiger partial charge in [-0.05, 0) is 87.8 Å². The van der Waals surface area contributed by atoms with Gasteiger partial charge in [0, 0.05) is 34.9 Å². The largest absolute Gasteiger partial charge is 0.326 e. The van der Waals surface area contributed by atoms with Crippen LogP contribution in [-0.4, -0.2) is 37.1 Å². The number of nitrogens with zero attached hydrogens (tertiary/aromatic N) is 2. The molecule has 0 radical (unpaired) electrons. The molecular formula is C24H27ClFN3O. The van der Waals surface area contributed by atoms with Gasteiger partial charge in [0.1, 0.15) is 5.82 Å². The molecule has 1 N–H and O–H groups in total. The van der Waals surface area contributed by atoms with E-state index in [9.17, 15) is 9.18 Å². The quantitative estimate of drug-likeness (QED) is 0.625. The number of carbonyl (C=O) groups is 1. The van der Waals surface area contributed by atoms with Gasteiger partial charge in [0.05, 0.1) is 0 Å². The Kier molecular flexibility index (Phi) is 5.85. The van der Waals surface area contributed by atoms with Crippen LogP contribution in [0.15, 0.2) is 54.1 Å². The number of halogens is 2. The van der Waals surface area contributed by atoms with Crippen LogP contribution < -0.4 is 10.2 Å². The fourth-order valence-electron chi connectivity index (χ4n) is 4.45. The fraction of sp³-hybridized carbons (Fsp3) is 0.375. The predicted molar refractivity (Wildman–Crippen MR) is 121 cm³/mol. The molecule has 30 heavy (non-hydrogen) atoms. The Hall–Kier alpha value is -2.37. The van der Waals surface area contributed by atoms with Crippen LogP contribution in [0.1, 0.15) is 32.3 Å². The molecule has 0 aromatic heterocycles. The van der Waals surface area contributed by atoms with Crippen LogP contribution in [0.4, 0.5) is 20.6 Å². The number of carbonyl (C=O) groups excluding carboxylic acids is 1. The van der Waals surface area contributed by atoms with E-state index < -0.39 is 0 Å². The van der Waals surface area contributed by atoms with E-state index in [1.807, 2.05) is 0 Å². The lowest BCUT2D eigenvalue weighted by molar-refractivity contribution is 0.180. The number of allylic oxidation sites excluding steroid dienone is 1. The van der Waals surface area contributed by atoms with Crippen molar-refractivity contribution in [2.75, 3.05) is 36.4 Å². The van der Waals surface area contributed by atoms with Crippen molar-refractivity contribution in [1.29, 1.82) is 0 Å². The molecule has 0 atom stereocenters. The minimum atomic E-state index is -0.250. The minimum Gasteiger partial charge on any atom is -0.308 e.